The summed E-state index contributed by atoms with van der Waals surface area (Å²) >= 11 is 9.42. The van der Waals surface area contributed by atoms with Crippen LogP contribution in [0.3, 0.4) is 0 Å². The van der Waals surface area contributed by atoms with Crippen LogP contribution in [0.4, 0.5) is 0 Å². The van der Waals surface area contributed by atoms with Crippen LogP contribution in [-0.4, -0.2) is 30.5 Å². The van der Waals surface area contributed by atoms with Crippen molar-refractivity contribution in [2.75, 3.05) is 5.75 Å². The zero-order valence-electron chi connectivity index (χ0n) is 11.9. The molecule has 1 aromatic carbocycles. The van der Waals surface area contributed by atoms with Crippen LogP contribution in [0.25, 0.3) is 10.8 Å². The van der Waals surface area contributed by atoms with E-state index in [0.29, 0.717) is 23.7 Å². The van der Waals surface area contributed by atoms with Crippen LogP contribution in [0.15, 0.2) is 28.9 Å². The molecule has 0 spiro atoms. The van der Waals surface area contributed by atoms with Crippen molar-refractivity contribution in [3.05, 3.63) is 34.0 Å². The molecule has 1 aromatic heterocycles. The van der Waals surface area contributed by atoms with E-state index < -0.39 is 9.84 Å². The molecular formula is C15H15BrClNO3S. The minimum atomic E-state index is -2.96. The first-order valence-electron chi connectivity index (χ1n) is 7.02. The highest BCUT2D eigenvalue weighted by Crippen LogP contribution is 2.36. The summed E-state index contributed by atoms with van der Waals surface area (Å²) in [6.07, 6.45) is 2.71. The van der Waals surface area contributed by atoms with E-state index in [1.807, 2.05) is 12.1 Å². The summed E-state index contributed by atoms with van der Waals surface area (Å²) in [4.78, 5) is 4.10. The highest BCUT2D eigenvalue weighted by Gasteiger charge is 2.39. The largest absolute Gasteiger partial charge is 0.490 e. The molecule has 1 saturated carbocycles. The van der Waals surface area contributed by atoms with Crippen molar-refractivity contribution in [2.24, 2.45) is 0 Å². The molecular weight excluding hydrogens is 390 g/mol. The van der Waals surface area contributed by atoms with E-state index in [9.17, 15) is 8.42 Å². The molecule has 0 bridgehead atoms. The maximum absolute atomic E-state index is 11.8. The molecule has 4 nitrogen and oxygen atoms in total. The Balaban J connectivity index is 1.81. The number of ether oxygens (including phenoxy) is 1. The first kappa shape index (κ1) is 16.0. The van der Waals surface area contributed by atoms with Gasteiger partial charge in [0.15, 0.2) is 9.84 Å². The number of aromatic nitrogens is 1. The summed E-state index contributed by atoms with van der Waals surface area (Å²) < 4.78 is 30.5. The highest BCUT2D eigenvalue weighted by atomic mass is 79.9. The van der Waals surface area contributed by atoms with Gasteiger partial charge in [0.2, 0.25) is 0 Å². The fraction of sp³-hybridized carbons (Fsp3) is 0.400. The van der Waals surface area contributed by atoms with Gasteiger partial charge >= 0.3 is 0 Å². The van der Waals surface area contributed by atoms with E-state index in [1.54, 1.807) is 19.2 Å². The van der Waals surface area contributed by atoms with Crippen molar-refractivity contribution in [1.29, 1.82) is 0 Å². The smallest absolute Gasteiger partial charge is 0.153 e. The van der Waals surface area contributed by atoms with Crippen molar-refractivity contribution in [1.82, 2.24) is 4.98 Å². The van der Waals surface area contributed by atoms with Gasteiger partial charge in [0, 0.05) is 40.0 Å². The predicted molar refractivity (Wildman–Crippen MR) is 91.4 cm³/mol. The molecule has 1 fully saturated rings. The summed E-state index contributed by atoms with van der Waals surface area (Å²) in [5.74, 6) is 0.897. The van der Waals surface area contributed by atoms with Crippen molar-refractivity contribution >= 4 is 48.1 Å². The molecule has 0 saturated heterocycles. The summed E-state index contributed by atoms with van der Waals surface area (Å²) in [6.45, 7) is 1.68. The lowest BCUT2D eigenvalue weighted by Gasteiger charge is -2.34. The Bertz CT molecular complexity index is 819. The van der Waals surface area contributed by atoms with Crippen LogP contribution >= 0.6 is 27.5 Å². The maximum atomic E-state index is 11.8. The van der Waals surface area contributed by atoms with Crippen LogP contribution < -0.4 is 4.74 Å². The van der Waals surface area contributed by atoms with Gasteiger partial charge in [-0.05, 0) is 18.2 Å². The van der Waals surface area contributed by atoms with Gasteiger partial charge in [0.25, 0.3) is 0 Å². The quantitative estimate of drug-likeness (QED) is 0.723. The van der Waals surface area contributed by atoms with Crippen LogP contribution in [0.2, 0.25) is 5.15 Å². The third-order valence-corrected chi connectivity index (χ3v) is 7.13. The number of halogens is 2. The van der Waals surface area contributed by atoms with Gasteiger partial charge in [0.1, 0.15) is 17.0 Å². The summed E-state index contributed by atoms with van der Waals surface area (Å²) in [7, 11) is -2.96. The maximum Gasteiger partial charge on any atom is 0.153 e. The Kier molecular flexibility index (Phi) is 4.36. The number of benzene rings is 1. The molecule has 118 valence electrons. The van der Waals surface area contributed by atoms with Crippen molar-refractivity contribution in [3.8, 4) is 5.75 Å². The number of rotatable bonds is 4. The summed E-state index contributed by atoms with van der Waals surface area (Å²) in [6, 6.07) is 5.54. The van der Waals surface area contributed by atoms with Crippen LogP contribution in [0.1, 0.15) is 19.8 Å². The second-order valence-electron chi connectivity index (χ2n) is 5.38. The number of hydrogen-bond donors (Lipinski definition) is 0. The minimum absolute atomic E-state index is 0.0635. The molecule has 1 heterocycles. The number of pyridine rings is 1. The third-order valence-electron chi connectivity index (χ3n) is 4.03. The van der Waals surface area contributed by atoms with Crippen molar-refractivity contribution < 1.29 is 13.2 Å². The van der Waals surface area contributed by atoms with E-state index in [1.165, 1.54) is 0 Å². The monoisotopic (exact) mass is 403 g/mol. The number of nitrogens with zero attached hydrogens (tertiary/aromatic N) is 1. The predicted octanol–water partition coefficient (Wildman–Crippen LogP) is 4.00. The Labute approximate surface area is 142 Å². The zero-order valence-corrected chi connectivity index (χ0v) is 15.1. The van der Waals surface area contributed by atoms with E-state index in [4.69, 9.17) is 16.3 Å². The summed E-state index contributed by atoms with van der Waals surface area (Å²) in [5.41, 5.74) is 0. The molecule has 1 aliphatic carbocycles. The van der Waals surface area contributed by atoms with Gasteiger partial charge < -0.3 is 4.74 Å². The molecule has 0 amide bonds. The van der Waals surface area contributed by atoms with Crippen LogP contribution in [0, 0.1) is 0 Å². The molecule has 0 radical (unpaired) electrons. The van der Waals surface area contributed by atoms with Gasteiger partial charge in [-0.2, -0.15) is 0 Å². The van der Waals surface area contributed by atoms with Gasteiger partial charge in [0.05, 0.1) is 5.25 Å². The summed E-state index contributed by atoms with van der Waals surface area (Å²) in [5, 5.41) is 1.94. The normalized spacial score (nSPS) is 21.6. The van der Waals surface area contributed by atoms with E-state index in [0.717, 1.165) is 15.2 Å². The highest BCUT2D eigenvalue weighted by molar-refractivity contribution is 9.10. The fourth-order valence-electron chi connectivity index (χ4n) is 2.58. The molecule has 7 heteroatoms. The molecule has 0 unspecified atom stereocenters. The second-order valence-corrected chi connectivity index (χ2v) is 9.19. The SMILES string of the molecule is CCS(=O)(=O)[C@H]1C[C@@H](Oc2ccc(Br)c3cc(Cl)ncc23)C1. The first-order valence-corrected chi connectivity index (χ1v) is 9.91. The fourth-order valence-corrected chi connectivity index (χ4v) is 4.68. The van der Waals surface area contributed by atoms with Gasteiger partial charge in [-0.25, -0.2) is 13.4 Å². The zero-order chi connectivity index (χ0) is 15.9. The third kappa shape index (κ3) is 2.96. The van der Waals surface area contributed by atoms with Gasteiger partial charge in [-0.15, -0.1) is 0 Å². The molecule has 2 aromatic rings. The standard InChI is InChI=1S/C15H15BrClNO3S/c1-2-22(19,20)10-5-9(6-10)21-14-4-3-13(16)11-7-15(17)18-8-12(11)14/h3-4,7-10H,2,5-6H2,1H3/t9-,10+. The van der Waals surface area contributed by atoms with E-state index in [2.05, 4.69) is 20.9 Å². The topological polar surface area (TPSA) is 56.3 Å². The molecule has 0 N–H and O–H groups in total. The molecule has 22 heavy (non-hydrogen) atoms. The number of hydrogen-bond acceptors (Lipinski definition) is 4. The van der Waals surface area contributed by atoms with E-state index >= 15 is 0 Å². The van der Waals surface area contributed by atoms with Crippen molar-refractivity contribution in [2.45, 2.75) is 31.1 Å². The second kappa shape index (κ2) is 5.98. The lowest BCUT2D eigenvalue weighted by Crippen LogP contribution is -2.43. The molecule has 1 aliphatic rings. The van der Waals surface area contributed by atoms with Crippen molar-refractivity contribution in [3.63, 3.8) is 0 Å². The Morgan fingerprint density at radius 2 is 2.09 bits per heavy atom. The Morgan fingerprint density at radius 1 is 1.36 bits per heavy atom. The van der Waals surface area contributed by atoms with Gasteiger partial charge in [-0.3, -0.25) is 0 Å². The molecule has 0 aliphatic heterocycles. The van der Waals surface area contributed by atoms with Crippen LogP contribution in [-0.2, 0) is 9.84 Å². The van der Waals surface area contributed by atoms with Gasteiger partial charge in [-0.1, -0.05) is 34.5 Å². The lowest BCUT2D eigenvalue weighted by molar-refractivity contribution is 0.125. The first-order chi connectivity index (χ1) is 10.4. The van der Waals surface area contributed by atoms with E-state index in [-0.39, 0.29) is 17.1 Å². The number of fused-ring (bicyclic) bond motifs is 1. The Morgan fingerprint density at radius 3 is 2.77 bits per heavy atom. The average Bonchev–Trinajstić information content (AvgIpc) is 2.44. The number of sulfone groups is 1. The minimum Gasteiger partial charge on any atom is -0.490 e. The van der Waals surface area contributed by atoms with Crippen LogP contribution in [0.5, 0.6) is 5.75 Å². The average molecular weight is 405 g/mol. The Hall–Kier alpha value is -0.850. The lowest BCUT2D eigenvalue weighted by atomic mass is 9.95. The molecule has 3 rings (SSSR count). The molecule has 0 atom stereocenters.